The number of hydrogen-bond acceptors (Lipinski definition) is 3. The van der Waals surface area contributed by atoms with Gasteiger partial charge in [-0.1, -0.05) is 17.7 Å². The van der Waals surface area contributed by atoms with Crippen molar-refractivity contribution >= 4 is 23.6 Å². The molecule has 1 aliphatic rings. The molecule has 0 saturated carbocycles. The molecule has 22 heavy (non-hydrogen) atoms. The number of aryl methyl sites for hydroxylation is 1. The number of rotatable bonds is 2. The van der Waals surface area contributed by atoms with Gasteiger partial charge in [0.05, 0.1) is 11.1 Å². The molecule has 0 aromatic heterocycles. The zero-order chi connectivity index (χ0) is 16.5. The van der Waals surface area contributed by atoms with Crippen molar-refractivity contribution in [2.75, 3.05) is 0 Å². The number of aliphatic imine (C=N–C) groups is 1. The number of ketones is 1. The molecule has 1 N–H and O–H groups in total. The van der Waals surface area contributed by atoms with Crippen molar-refractivity contribution in [3.8, 4) is 0 Å². The summed E-state index contributed by atoms with van der Waals surface area (Å²) in [5.74, 6) is 0.0211. The molecule has 1 aromatic carbocycles. The summed E-state index contributed by atoms with van der Waals surface area (Å²) in [7, 11) is 0. The number of halogens is 1. The molecule has 0 amide bonds. The molecule has 0 heterocycles. The van der Waals surface area contributed by atoms with Crippen LogP contribution in [0.3, 0.4) is 0 Å². The predicted molar refractivity (Wildman–Crippen MR) is 91.1 cm³/mol. The van der Waals surface area contributed by atoms with Gasteiger partial charge in [0.1, 0.15) is 5.76 Å². The Morgan fingerprint density at radius 3 is 2.59 bits per heavy atom. The van der Waals surface area contributed by atoms with E-state index in [1.54, 1.807) is 0 Å². The van der Waals surface area contributed by atoms with Gasteiger partial charge in [-0.3, -0.25) is 9.79 Å². The van der Waals surface area contributed by atoms with Gasteiger partial charge < -0.3 is 5.11 Å². The highest BCUT2D eigenvalue weighted by Crippen LogP contribution is 2.35. The van der Waals surface area contributed by atoms with E-state index in [9.17, 15) is 9.90 Å². The number of allylic oxidation sites excluding steroid dienone is 2. The van der Waals surface area contributed by atoms with Crippen LogP contribution < -0.4 is 0 Å². The van der Waals surface area contributed by atoms with E-state index in [4.69, 9.17) is 11.6 Å². The summed E-state index contributed by atoms with van der Waals surface area (Å²) in [4.78, 5) is 16.7. The van der Waals surface area contributed by atoms with Crippen molar-refractivity contribution in [1.29, 1.82) is 0 Å². The highest BCUT2D eigenvalue weighted by molar-refractivity contribution is 6.30. The largest absolute Gasteiger partial charge is 0.511 e. The average Bonchev–Trinajstić information content (AvgIpc) is 2.39. The van der Waals surface area contributed by atoms with Crippen LogP contribution in [0.4, 0.5) is 0 Å². The van der Waals surface area contributed by atoms with Crippen LogP contribution >= 0.6 is 11.6 Å². The Morgan fingerprint density at radius 2 is 2.00 bits per heavy atom. The molecule has 0 bridgehead atoms. The predicted octanol–water partition coefficient (Wildman–Crippen LogP) is 4.78. The normalized spacial score (nSPS) is 20.0. The molecule has 0 fully saturated rings. The zero-order valence-corrected chi connectivity index (χ0v) is 14.2. The first-order valence-electron chi connectivity index (χ1n) is 7.44. The van der Waals surface area contributed by atoms with E-state index in [0.717, 1.165) is 11.1 Å². The Labute approximate surface area is 136 Å². The van der Waals surface area contributed by atoms with Crippen LogP contribution in [0.25, 0.3) is 0 Å². The van der Waals surface area contributed by atoms with Gasteiger partial charge in [0, 0.05) is 24.1 Å². The van der Waals surface area contributed by atoms with Gasteiger partial charge in [-0.15, -0.1) is 0 Å². The first kappa shape index (κ1) is 16.8. The Morgan fingerprint density at radius 1 is 1.32 bits per heavy atom. The molecule has 3 nitrogen and oxygen atoms in total. The van der Waals surface area contributed by atoms with Gasteiger partial charge in [0.15, 0.2) is 5.78 Å². The Balaban J connectivity index is 2.30. The van der Waals surface area contributed by atoms with Crippen LogP contribution in [-0.2, 0) is 4.79 Å². The number of Topliss-reactive ketones (excluding diaryl/α,β-unsaturated/α-hetero) is 1. The van der Waals surface area contributed by atoms with Crippen molar-refractivity contribution in [3.05, 3.63) is 45.7 Å². The molecule has 1 unspecified atom stereocenters. The molecule has 0 aliphatic heterocycles. The molecular formula is C18H22ClNO2. The van der Waals surface area contributed by atoms with Crippen LogP contribution in [0.15, 0.2) is 34.5 Å². The molecule has 1 atom stereocenters. The van der Waals surface area contributed by atoms with E-state index in [0.29, 0.717) is 23.4 Å². The lowest BCUT2D eigenvalue weighted by atomic mass is 9.81. The van der Waals surface area contributed by atoms with Crippen LogP contribution in [-0.4, -0.2) is 22.6 Å². The van der Waals surface area contributed by atoms with Crippen molar-refractivity contribution < 1.29 is 9.90 Å². The Kier molecular flexibility index (Phi) is 4.76. The fraction of sp³-hybridized carbons (Fsp3) is 0.444. The number of nitrogens with zero attached hydrogens (tertiary/aromatic N) is 1. The monoisotopic (exact) mass is 319 g/mol. The first-order valence-corrected chi connectivity index (χ1v) is 7.82. The minimum absolute atomic E-state index is 0.0296. The number of carbonyl (C=O) groups excluding carboxylic acids is 1. The fourth-order valence-corrected chi connectivity index (χ4v) is 2.77. The summed E-state index contributed by atoms with van der Waals surface area (Å²) in [5.41, 5.74) is 2.18. The van der Waals surface area contributed by atoms with Crippen molar-refractivity contribution in [2.24, 2.45) is 4.99 Å². The van der Waals surface area contributed by atoms with E-state index >= 15 is 0 Å². The molecule has 0 spiro atoms. The van der Waals surface area contributed by atoms with Crippen molar-refractivity contribution in [3.63, 3.8) is 0 Å². The molecule has 1 aromatic rings. The molecule has 2 rings (SSSR count). The van der Waals surface area contributed by atoms with Gasteiger partial charge >= 0.3 is 0 Å². The van der Waals surface area contributed by atoms with E-state index in [2.05, 4.69) is 4.99 Å². The number of aliphatic hydroxyl groups excluding tert-OH is 1. The molecule has 118 valence electrons. The van der Waals surface area contributed by atoms with Gasteiger partial charge in [-0.05, 0) is 56.9 Å². The second kappa shape index (κ2) is 6.25. The summed E-state index contributed by atoms with van der Waals surface area (Å²) < 4.78 is 0. The summed E-state index contributed by atoms with van der Waals surface area (Å²) in [6, 6.07) is 5.66. The molecule has 4 heteroatoms. The molecule has 0 saturated heterocycles. The molecule has 0 radical (unpaired) electrons. The zero-order valence-electron chi connectivity index (χ0n) is 13.5. The number of aliphatic hydroxyl groups is 1. The van der Waals surface area contributed by atoms with Crippen LogP contribution in [0.2, 0.25) is 5.02 Å². The highest BCUT2D eigenvalue weighted by Gasteiger charge is 2.29. The van der Waals surface area contributed by atoms with E-state index in [1.165, 1.54) is 6.21 Å². The second-order valence-electron chi connectivity index (χ2n) is 6.82. The number of benzene rings is 1. The smallest absolute Gasteiger partial charge is 0.168 e. The first-order chi connectivity index (χ1) is 10.2. The highest BCUT2D eigenvalue weighted by atomic mass is 35.5. The lowest BCUT2D eigenvalue weighted by molar-refractivity contribution is -0.116. The molecular weight excluding hydrogens is 298 g/mol. The summed E-state index contributed by atoms with van der Waals surface area (Å²) >= 11 is 6.06. The third-order valence-electron chi connectivity index (χ3n) is 3.74. The third-order valence-corrected chi connectivity index (χ3v) is 3.98. The standard InChI is InChI=1S/C18H22ClNO2/c1-11-5-6-13(19)9-14(11)12-7-16(21)15(17(22)8-12)10-20-18(2,3)4/h5-6,9-10,12,21H,7-8H2,1-4H3. The van der Waals surface area contributed by atoms with Gasteiger partial charge in [-0.25, -0.2) is 0 Å². The minimum Gasteiger partial charge on any atom is -0.511 e. The third kappa shape index (κ3) is 3.98. The maximum atomic E-state index is 12.4. The van der Waals surface area contributed by atoms with Crippen LogP contribution in [0.1, 0.15) is 50.7 Å². The van der Waals surface area contributed by atoms with E-state index in [1.807, 2.05) is 45.9 Å². The summed E-state index contributed by atoms with van der Waals surface area (Å²) in [6.45, 7) is 7.85. The van der Waals surface area contributed by atoms with E-state index < -0.39 is 0 Å². The van der Waals surface area contributed by atoms with Crippen molar-refractivity contribution in [2.45, 2.75) is 52.0 Å². The Hall–Kier alpha value is -1.61. The maximum Gasteiger partial charge on any atom is 0.168 e. The Bertz CT molecular complexity index is 654. The SMILES string of the molecule is Cc1ccc(Cl)cc1C1CC(=O)C(C=NC(C)(C)C)=C(O)C1. The lowest BCUT2D eigenvalue weighted by Gasteiger charge is -2.24. The van der Waals surface area contributed by atoms with Crippen LogP contribution in [0, 0.1) is 6.92 Å². The van der Waals surface area contributed by atoms with Crippen molar-refractivity contribution in [1.82, 2.24) is 0 Å². The molecule has 1 aliphatic carbocycles. The van der Waals surface area contributed by atoms with Gasteiger partial charge in [-0.2, -0.15) is 0 Å². The second-order valence-corrected chi connectivity index (χ2v) is 7.26. The fourth-order valence-electron chi connectivity index (χ4n) is 2.59. The van der Waals surface area contributed by atoms with Crippen LogP contribution in [0.5, 0.6) is 0 Å². The van der Waals surface area contributed by atoms with E-state index in [-0.39, 0.29) is 23.0 Å². The summed E-state index contributed by atoms with van der Waals surface area (Å²) in [6.07, 6.45) is 2.33. The van der Waals surface area contributed by atoms with Gasteiger partial charge in [0.25, 0.3) is 0 Å². The quantitative estimate of drug-likeness (QED) is 0.798. The van der Waals surface area contributed by atoms with Gasteiger partial charge in [0.2, 0.25) is 0 Å². The topological polar surface area (TPSA) is 49.7 Å². The lowest BCUT2D eigenvalue weighted by Crippen LogP contribution is -2.21. The average molecular weight is 320 g/mol. The number of carbonyl (C=O) groups is 1. The maximum absolute atomic E-state index is 12.4. The number of hydrogen-bond donors (Lipinski definition) is 1. The minimum atomic E-state index is -0.270. The summed E-state index contributed by atoms with van der Waals surface area (Å²) in [5, 5.41) is 10.9.